The van der Waals surface area contributed by atoms with E-state index in [1.165, 1.54) is 7.05 Å². The average molecular weight is 378 g/mol. The van der Waals surface area contributed by atoms with Crippen LogP contribution in [-0.4, -0.2) is 29.9 Å². The predicted molar refractivity (Wildman–Crippen MR) is 88.3 cm³/mol. The number of aryl methyl sites for hydroxylation is 2. The molecule has 0 N–H and O–H groups in total. The lowest BCUT2D eigenvalue weighted by Crippen LogP contribution is -2.27. The highest BCUT2D eigenvalue weighted by Crippen LogP contribution is 2.35. The minimum Gasteiger partial charge on any atom is -0.338 e. The summed E-state index contributed by atoms with van der Waals surface area (Å²) in [6, 6.07) is 1.64. The number of halogens is 2. The molecule has 0 bridgehead atoms. The Balaban J connectivity index is 2.42. The topological polar surface area (TPSA) is 76.3 Å². The van der Waals surface area contributed by atoms with E-state index in [0.29, 0.717) is 28.4 Å². The molecule has 6 nitrogen and oxygen atoms in total. The summed E-state index contributed by atoms with van der Waals surface area (Å²) in [5.41, 5.74) is 1.01. The molecule has 0 aliphatic heterocycles. The van der Waals surface area contributed by atoms with Gasteiger partial charge in [0.25, 0.3) is 0 Å². The summed E-state index contributed by atoms with van der Waals surface area (Å²) in [5.74, 6) is 0.749. The molecule has 0 aliphatic carbocycles. The number of aromatic nitrogens is 2. The minimum absolute atomic E-state index is 0.00176. The Hall–Kier alpha value is -1.15. The Morgan fingerprint density at radius 2 is 1.96 bits per heavy atom. The van der Waals surface area contributed by atoms with Crippen LogP contribution in [-0.2, 0) is 23.0 Å². The molecule has 0 aliphatic rings. The maximum absolute atomic E-state index is 12.9. The van der Waals surface area contributed by atoms with Crippen molar-refractivity contribution < 1.29 is 12.9 Å². The van der Waals surface area contributed by atoms with Crippen molar-refractivity contribution >= 4 is 33.2 Å². The van der Waals surface area contributed by atoms with Crippen LogP contribution in [0.3, 0.4) is 0 Å². The molecule has 0 unspecified atom stereocenters. The van der Waals surface area contributed by atoms with Crippen LogP contribution >= 0.6 is 23.2 Å². The molecule has 126 valence electrons. The van der Waals surface area contributed by atoms with Gasteiger partial charge in [-0.15, -0.1) is 0 Å². The van der Waals surface area contributed by atoms with Gasteiger partial charge in [0, 0.05) is 18.5 Å². The zero-order chi connectivity index (χ0) is 17.4. The van der Waals surface area contributed by atoms with Crippen LogP contribution < -0.4 is 0 Å². The Bertz CT molecular complexity index is 808. The zero-order valence-electron chi connectivity index (χ0n) is 13.2. The summed E-state index contributed by atoms with van der Waals surface area (Å²) in [5, 5.41) is 4.27. The van der Waals surface area contributed by atoms with Gasteiger partial charge in [-0.2, -0.15) is 9.29 Å². The van der Waals surface area contributed by atoms with Crippen LogP contribution in [0.1, 0.15) is 29.8 Å². The summed E-state index contributed by atoms with van der Waals surface area (Å²) < 4.78 is 31.9. The number of benzene rings is 1. The second-order valence-electron chi connectivity index (χ2n) is 5.16. The highest BCUT2D eigenvalue weighted by atomic mass is 35.5. The second kappa shape index (κ2) is 6.76. The van der Waals surface area contributed by atoms with Crippen molar-refractivity contribution in [2.75, 3.05) is 7.05 Å². The first-order valence-electron chi connectivity index (χ1n) is 6.91. The molecule has 2 rings (SSSR count). The van der Waals surface area contributed by atoms with Gasteiger partial charge in [-0.3, -0.25) is 0 Å². The van der Waals surface area contributed by atoms with Crippen LogP contribution in [0.4, 0.5) is 0 Å². The van der Waals surface area contributed by atoms with E-state index in [1.807, 2.05) is 6.92 Å². The van der Waals surface area contributed by atoms with Crippen LogP contribution in [0.2, 0.25) is 10.0 Å². The smallest absolute Gasteiger partial charge is 0.245 e. The highest BCUT2D eigenvalue weighted by Gasteiger charge is 2.29. The molecule has 23 heavy (non-hydrogen) atoms. The molecular formula is C14H17Cl2N3O3S. The Kier molecular flexibility index (Phi) is 5.35. The first-order valence-corrected chi connectivity index (χ1v) is 9.11. The van der Waals surface area contributed by atoms with Gasteiger partial charge in [0.05, 0.1) is 11.6 Å². The Morgan fingerprint density at radius 3 is 2.52 bits per heavy atom. The zero-order valence-corrected chi connectivity index (χ0v) is 15.6. The fraction of sp³-hybridized carbons (Fsp3) is 0.429. The Labute approximate surface area is 145 Å². The van der Waals surface area contributed by atoms with E-state index >= 15 is 0 Å². The Morgan fingerprint density at radius 1 is 1.30 bits per heavy atom. The minimum atomic E-state index is -3.85. The molecule has 1 heterocycles. The molecule has 0 atom stereocenters. The van der Waals surface area contributed by atoms with Crippen molar-refractivity contribution in [3.05, 3.63) is 39.0 Å². The van der Waals surface area contributed by atoms with E-state index in [-0.39, 0.29) is 22.4 Å². The van der Waals surface area contributed by atoms with Crippen molar-refractivity contribution in [3.63, 3.8) is 0 Å². The van der Waals surface area contributed by atoms with Crippen molar-refractivity contribution in [2.45, 2.75) is 38.6 Å². The van der Waals surface area contributed by atoms with Gasteiger partial charge in [-0.25, -0.2) is 8.42 Å². The van der Waals surface area contributed by atoms with Crippen molar-refractivity contribution in [1.29, 1.82) is 0 Å². The maximum atomic E-state index is 12.9. The SMILES string of the molecule is CCc1noc(CN(C)S(=O)(=O)c2c(C)c(Cl)cc(C)c2Cl)n1. The van der Waals surface area contributed by atoms with Gasteiger partial charge >= 0.3 is 0 Å². The van der Waals surface area contributed by atoms with Gasteiger partial charge in [-0.05, 0) is 31.0 Å². The van der Waals surface area contributed by atoms with Crippen molar-refractivity contribution in [2.24, 2.45) is 0 Å². The lowest BCUT2D eigenvalue weighted by molar-refractivity contribution is 0.334. The fourth-order valence-corrected chi connectivity index (χ4v) is 4.33. The molecule has 0 fully saturated rings. The molecule has 0 saturated heterocycles. The van der Waals surface area contributed by atoms with E-state index in [9.17, 15) is 8.42 Å². The quantitative estimate of drug-likeness (QED) is 0.797. The van der Waals surface area contributed by atoms with Crippen LogP contribution in [0.5, 0.6) is 0 Å². The van der Waals surface area contributed by atoms with Crippen LogP contribution in [0.25, 0.3) is 0 Å². The van der Waals surface area contributed by atoms with Crippen LogP contribution in [0.15, 0.2) is 15.5 Å². The molecule has 0 amide bonds. The number of sulfonamides is 1. The van der Waals surface area contributed by atoms with E-state index < -0.39 is 10.0 Å². The van der Waals surface area contributed by atoms with Gasteiger partial charge < -0.3 is 4.52 Å². The molecule has 0 radical (unpaired) electrons. The molecule has 9 heteroatoms. The van der Waals surface area contributed by atoms with Gasteiger partial charge in [-0.1, -0.05) is 35.3 Å². The standard InChI is InChI=1S/C14H17Cl2N3O3S/c1-5-11-17-12(22-18-11)7-19(4)23(20,21)14-9(3)10(15)6-8(2)13(14)16/h6H,5,7H2,1-4H3. The molecule has 1 aromatic heterocycles. The number of hydrogen-bond acceptors (Lipinski definition) is 5. The highest BCUT2D eigenvalue weighted by molar-refractivity contribution is 7.89. The van der Waals surface area contributed by atoms with Crippen LogP contribution in [0, 0.1) is 13.8 Å². The van der Waals surface area contributed by atoms with Gasteiger partial charge in [0.15, 0.2) is 5.82 Å². The number of nitrogens with zero attached hydrogens (tertiary/aromatic N) is 3. The summed E-state index contributed by atoms with van der Waals surface area (Å²) in [6.07, 6.45) is 0.610. The third-order valence-electron chi connectivity index (χ3n) is 3.44. The third kappa shape index (κ3) is 3.52. The summed E-state index contributed by atoms with van der Waals surface area (Å²) in [7, 11) is -2.42. The van der Waals surface area contributed by atoms with E-state index in [1.54, 1.807) is 19.9 Å². The lowest BCUT2D eigenvalue weighted by Gasteiger charge is -2.19. The monoisotopic (exact) mass is 377 g/mol. The molecular weight excluding hydrogens is 361 g/mol. The first-order chi connectivity index (χ1) is 10.7. The summed E-state index contributed by atoms with van der Waals surface area (Å²) >= 11 is 12.3. The molecule has 1 aromatic carbocycles. The summed E-state index contributed by atoms with van der Waals surface area (Å²) in [4.78, 5) is 4.11. The number of rotatable bonds is 5. The maximum Gasteiger partial charge on any atom is 0.245 e. The first kappa shape index (κ1) is 18.2. The van der Waals surface area contributed by atoms with E-state index in [0.717, 1.165) is 4.31 Å². The molecule has 0 spiro atoms. The lowest BCUT2D eigenvalue weighted by atomic mass is 10.2. The average Bonchev–Trinajstić information content (AvgIpc) is 2.93. The van der Waals surface area contributed by atoms with E-state index in [2.05, 4.69) is 10.1 Å². The fourth-order valence-electron chi connectivity index (χ4n) is 2.05. The number of hydrogen-bond donors (Lipinski definition) is 0. The largest absolute Gasteiger partial charge is 0.338 e. The second-order valence-corrected chi connectivity index (χ2v) is 7.93. The summed E-state index contributed by atoms with van der Waals surface area (Å²) in [6.45, 7) is 5.16. The predicted octanol–water partition coefficient (Wildman–Crippen LogP) is 3.38. The molecule has 0 saturated carbocycles. The van der Waals surface area contributed by atoms with Crippen molar-refractivity contribution in [3.8, 4) is 0 Å². The van der Waals surface area contributed by atoms with Gasteiger partial charge in [0.2, 0.25) is 15.9 Å². The third-order valence-corrected chi connectivity index (χ3v) is 6.41. The molecule has 2 aromatic rings. The van der Waals surface area contributed by atoms with Gasteiger partial charge in [0.1, 0.15) is 4.90 Å². The van der Waals surface area contributed by atoms with E-state index in [4.69, 9.17) is 27.7 Å². The normalized spacial score (nSPS) is 12.1. The van der Waals surface area contributed by atoms with Crippen molar-refractivity contribution in [1.82, 2.24) is 14.4 Å².